The second-order valence-corrected chi connectivity index (χ2v) is 4.90. The number of esters is 1. The zero-order chi connectivity index (χ0) is 18.4. The topological polar surface area (TPSA) is 94.5 Å². The van der Waals surface area contributed by atoms with Crippen LogP contribution in [0.2, 0.25) is 0 Å². The summed E-state index contributed by atoms with van der Waals surface area (Å²) in [4.78, 5) is 40.4. The number of hydrogen-bond donors (Lipinski definition) is 0. The minimum atomic E-state index is -1.99. The SMILES string of the molecule is CCOC(=O)C(=Cc1ccccc1)C(OC)(OC)N1C=NC(=O)C1=O. The van der Waals surface area contributed by atoms with Crippen molar-refractivity contribution in [1.82, 2.24) is 4.90 Å². The van der Waals surface area contributed by atoms with Crippen molar-refractivity contribution in [2.75, 3.05) is 20.8 Å². The quantitative estimate of drug-likeness (QED) is 0.316. The summed E-state index contributed by atoms with van der Waals surface area (Å²) in [6, 6.07) is 8.88. The fourth-order valence-electron chi connectivity index (χ4n) is 2.36. The predicted octanol–water partition coefficient (Wildman–Crippen LogP) is 0.977. The van der Waals surface area contributed by atoms with Crippen LogP contribution in [0.3, 0.4) is 0 Å². The van der Waals surface area contributed by atoms with Crippen LogP contribution in [0.25, 0.3) is 6.08 Å². The molecule has 0 saturated heterocycles. The molecule has 1 heterocycles. The number of aliphatic imine (C=N–C) groups is 1. The van der Waals surface area contributed by atoms with Crippen LogP contribution >= 0.6 is 0 Å². The minimum absolute atomic E-state index is 0.107. The molecule has 1 aliphatic heterocycles. The van der Waals surface area contributed by atoms with Gasteiger partial charge in [0.1, 0.15) is 11.9 Å². The first-order chi connectivity index (χ1) is 12.0. The molecule has 0 atom stereocenters. The van der Waals surface area contributed by atoms with E-state index in [1.165, 1.54) is 20.3 Å². The Labute approximate surface area is 144 Å². The molecular weight excluding hydrogens is 328 g/mol. The van der Waals surface area contributed by atoms with Crippen LogP contribution in [0.5, 0.6) is 0 Å². The van der Waals surface area contributed by atoms with Gasteiger partial charge in [-0.15, -0.1) is 0 Å². The van der Waals surface area contributed by atoms with Gasteiger partial charge in [-0.05, 0) is 18.6 Å². The Bertz CT molecular complexity index is 722. The van der Waals surface area contributed by atoms with Crippen LogP contribution in [0.4, 0.5) is 0 Å². The Balaban J connectivity index is 2.60. The lowest BCUT2D eigenvalue weighted by Crippen LogP contribution is -2.56. The molecule has 2 rings (SSSR count). The van der Waals surface area contributed by atoms with Crippen molar-refractivity contribution in [3.8, 4) is 0 Å². The summed E-state index contributed by atoms with van der Waals surface area (Å²) in [5, 5.41) is 0. The average molecular weight is 346 g/mol. The number of ether oxygens (including phenoxy) is 3. The first-order valence-electron chi connectivity index (χ1n) is 7.46. The maximum absolute atomic E-state index is 12.5. The minimum Gasteiger partial charge on any atom is -0.462 e. The van der Waals surface area contributed by atoms with Gasteiger partial charge >= 0.3 is 17.8 Å². The van der Waals surface area contributed by atoms with Gasteiger partial charge in [-0.1, -0.05) is 30.3 Å². The summed E-state index contributed by atoms with van der Waals surface area (Å²) >= 11 is 0. The van der Waals surface area contributed by atoms with Crippen LogP contribution in [-0.2, 0) is 28.6 Å². The summed E-state index contributed by atoms with van der Waals surface area (Å²) in [5.41, 5.74) is 0.541. The molecule has 0 aromatic heterocycles. The van der Waals surface area contributed by atoms with Crippen LogP contribution in [0, 0.1) is 0 Å². The molecule has 0 saturated carbocycles. The third-order valence-corrected chi connectivity index (χ3v) is 3.51. The van der Waals surface area contributed by atoms with Crippen molar-refractivity contribution in [2.24, 2.45) is 4.99 Å². The van der Waals surface area contributed by atoms with E-state index in [-0.39, 0.29) is 12.2 Å². The summed E-state index contributed by atoms with van der Waals surface area (Å²) < 4.78 is 15.8. The molecule has 1 aromatic rings. The lowest BCUT2D eigenvalue weighted by atomic mass is 10.1. The highest BCUT2D eigenvalue weighted by Gasteiger charge is 2.51. The normalized spacial score (nSPS) is 15.0. The predicted molar refractivity (Wildman–Crippen MR) is 88.1 cm³/mol. The first kappa shape index (κ1) is 18.5. The fourth-order valence-corrected chi connectivity index (χ4v) is 2.36. The molecule has 0 radical (unpaired) electrons. The van der Waals surface area contributed by atoms with Crippen LogP contribution in [0.1, 0.15) is 12.5 Å². The number of nitrogens with zero attached hydrogens (tertiary/aromatic N) is 2. The average Bonchev–Trinajstić information content (AvgIpc) is 2.96. The Hall–Kier alpha value is -2.84. The summed E-state index contributed by atoms with van der Waals surface area (Å²) in [5.74, 6) is -4.71. The van der Waals surface area contributed by atoms with Gasteiger partial charge in [0, 0.05) is 14.2 Å². The molecule has 8 nitrogen and oxygen atoms in total. The molecular formula is C17H18N2O6. The smallest absolute Gasteiger partial charge is 0.341 e. The maximum atomic E-state index is 12.5. The van der Waals surface area contributed by atoms with E-state index in [0.717, 1.165) is 11.2 Å². The second kappa shape index (κ2) is 7.82. The second-order valence-electron chi connectivity index (χ2n) is 4.90. The van der Waals surface area contributed by atoms with Crippen molar-refractivity contribution < 1.29 is 28.6 Å². The van der Waals surface area contributed by atoms with E-state index in [0.29, 0.717) is 5.56 Å². The fraction of sp³-hybridized carbons (Fsp3) is 0.294. The van der Waals surface area contributed by atoms with Gasteiger partial charge in [0.05, 0.1) is 6.61 Å². The van der Waals surface area contributed by atoms with Crippen molar-refractivity contribution in [3.05, 3.63) is 41.5 Å². The van der Waals surface area contributed by atoms with Crippen LogP contribution in [-0.4, -0.2) is 55.8 Å². The van der Waals surface area contributed by atoms with Crippen molar-refractivity contribution in [2.45, 2.75) is 12.8 Å². The van der Waals surface area contributed by atoms with E-state index in [4.69, 9.17) is 14.2 Å². The molecule has 0 unspecified atom stereocenters. The van der Waals surface area contributed by atoms with Gasteiger partial charge in [0.2, 0.25) is 0 Å². The Morgan fingerprint density at radius 2 is 1.84 bits per heavy atom. The van der Waals surface area contributed by atoms with E-state index < -0.39 is 23.7 Å². The van der Waals surface area contributed by atoms with Crippen molar-refractivity contribution in [3.63, 3.8) is 0 Å². The van der Waals surface area contributed by atoms with Crippen LogP contribution in [0.15, 0.2) is 40.9 Å². The highest BCUT2D eigenvalue weighted by Crippen LogP contribution is 2.31. The van der Waals surface area contributed by atoms with Gasteiger partial charge in [-0.3, -0.25) is 9.59 Å². The number of benzene rings is 1. The molecule has 0 N–H and O–H groups in total. The van der Waals surface area contributed by atoms with E-state index in [1.54, 1.807) is 31.2 Å². The Morgan fingerprint density at radius 3 is 2.32 bits per heavy atom. The molecule has 8 heteroatoms. The summed E-state index contributed by atoms with van der Waals surface area (Å²) in [6.45, 7) is 1.75. The molecule has 1 aromatic carbocycles. The highest BCUT2D eigenvalue weighted by atomic mass is 16.7. The third kappa shape index (κ3) is 3.49. The number of rotatable bonds is 7. The van der Waals surface area contributed by atoms with E-state index in [2.05, 4.69) is 4.99 Å². The molecule has 0 bridgehead atoms. The zero-order valence-corrected chi connectivity index (χ0v) is 14.1. The number of methoxy groups -OCH3 is 2. The van der Waals surface area contributed by atoms with Crippen LogP contribution < -0.4 is 0 Å². The maximum Gasteiger partial charge on any atom is 0.341 e. The first-order valence-corrected chi connectivity index (χ1v) is 7.46. The summed E-state index contributed by atoms with van der Waals surface area (Å²) in [7, 11) is 2.48. The molecule has 0 aliphatic carbocycles. The third-order valence-electron chi connectivity index (χ3n) is 3.51. The molecule has 2 amide bonds. The standard InChI is InChI=1S/C17H18N2O6/c1-4-25-16(22)13(10-12-8-6-5-7-9-12)17(23-2,24-3)19-11-18-14(20)15(19)21/h5-11H,4H2,1-3H3. The lowest BCUT2D eigenvalue weighted by molar-refractivity contribution is -0.242. The molecule has 132 valence electrons. The van der Waals surface area contributed by atoms with Crippen molar-refractivity contribution in [1.29, 1.82) is 0 Å². The summed E-state index contributed by atoms with van der Waals surface area (Å²) in [6.07, 6.45) is 2.44. The molecule has 0 spiro atoms. The largest absolute Gasteiger partial charge is 0.462 e. The number of hydrogen-bond acceptors (Lipinski definition) is 6. The van der Waals surface area contributed by atoms with Gasteiger partial charge in [0.25, 0.3) is 5.91 Å². The van der Waals surface area contributed by atoms with Gasteiger partial charge < -0.3 is 14.2 Å². The Morgan fingerprint density at radius 1 is 1.20 bits per heavy atom. The zero-order valence-electron chi connectivity index (χ0n) is 14.1. The van der Waals surface area contributed by atoms with Crippen molar-refractivity contribution >= 4 is 30.2 Å². The molecule has 0 fully saturated rings. The highest BCUT2D eigenvalue weighted by molar-refractivity contribution is 6.42. The van der Waals surface area contributed by atoms with Gasteiger partial charge in [-0.2, -0.15) is 4.99 Å². The number of amides is 2. The van der Waals surface area contributed by atoms with E-state index in [1.807, 2.05) is 6.07 Å². The monoisotopic (exact) mass is 346 g/mol. The molecule has 1 aliphatic rings. The van der Waals surface area contributed by atoms with Gasteiger partial charge in [0.15, 0.2) is 0 Å². The molecule has 25 heavy (non-hydrogen) atoms. The number of carbonyl (C=O) groups is 3. The lowest BCUT2D eigenvalue weighted by Gasteiger charge is -2.36. The van der Waals surface area contributed by atoms with Gasteiger partial charge in [-0.25, -0.2) is 9.69 Å². The number of carbonyl (C=O) groups excluding carboxylic acids is 3. The van der Waals surface area contributed by atoms with E-state index >= 15 is 0 Å². The Kier molecular flexibility index (Phi) is 5.79. The van der Waals surface area contributed by atoms with E-state index in [9.17, 15) is 14.4 Å².